The maximum absolute atomic E-state index is 12.7. The zero-order chi connectivity index (χ0) is 20.9. The smallest absolute Gasteiger partial charge is 0.224 e. The van der Waals surface area contributed by atoms with Crippen molar-refractivity contribution in [3.63, 3.8) is 0 Å². The van der Waals surface area contributed by atoms with Crippen LogP contribution in [0.5, 0.6) is 0 Å². The monoisotopic (exact) mass is 404 g/mol. The van der Waals surface area contributed by atoms with Gasteiger partial charge in [-0.3, -0.25) is 9.69 Å². The first-order valence-corrected chi connectivity index (χ1v) is 10.8. The molecule has 8 nitrogen and oxygen atoms in total. The third-order valence-corrected chi connectivity index (χ3v) is 5.99. The summed E-state index contributed by atoms with van der Waals surface area (Å²) in [6, 6.07) is 1.93. The summed E-state index contributed by atoms with van der Waals surface area (Å²) >= 11 is 0. The number of nitrogens with one attached hydrogen (secondary N) is 1. The van der Waals surface area contributed by atoms with E-state index in [4.69, 9.17) is 0 Å². The number of nitrogens with zero attached hydrogens (tertiary/aromatic N) is 5. The summed E-state index contributed by atoms with van der Waals surface area (Å²) in [5.41, 5.74) is 1.15. The van der Waals surface area contributed by atoms with Crippen LogP contribution in [0, 0.1) is 13.8 Å². The Morgan fingerprint density at radius 2 is 1.79 bits per heavy atom. The predicted molar refractivity (Wildman–Crippen MR) is 114 cm³/mol. The standard InChI is InChI=1S/C21H36N6O2/c1-17-15-18(2)24-20(23-17)22-8-5-19(28)27-9-4-6-21(29,7-10-27)16-26-13-11-25(3)12-14-26/h15,29H,4-14,16H2,1-3H3,(H,22,23,24)/t21-/m1/s1. The van der Waals surface area contributed by atoms with Gasteiger partial charge in [0.05, 0.1) is 5.60 Å². The third-order valence-electron chi connectivity index (χ3n) is 5.99. The summed E-state index contributed by atoms with van der Waals surface area (Å²) in [5, 5.41) is 14.3. The molecule has 0 spiro atoms. The molecule has 2 aliphatic rings. The molecule has 2 saturated heterocycles. The van der Waals surface area contributed by atoms with Crippen molar-refractivity contribution < 1.29 is 9.90 Å². The quantitative estimate of drug-likeness (QED) is 0.728. The number of likely N-dealkylation sites (N-methyl/N-ethyl adjacent to an activating group) is 1. The molecule has 0 unspecified atom stereocenters. The number of hydrogen-bond donors (Lipinski definition) is 2. The van der Waals surface area contributed by atoms with Gasteiger partial charge in [-0.1, -0.05) is 0 Å². The highest BCUT2D eigenvalue weighted by atomic mass is 16.3. The van der Waals surface area contributed by atoms with Crippen molar-refractivity contribution in [1.29, 1.82) is 0 Å². The van der Waals surface area contributed by atoms with E-state index in [-0.39, 0.29) is 5.91 Å². The molecule has 3 heterocycles. The van der Waals surface area contributed by atoms with Gasteiger partial charge in [-0.25, -0.2) is 9.97 Å². The van der Waals surface area contributed by atoms with Gasteiger partial charge >= 0.3 is 0 Å². The molecule has 0 radical (unpaired) electrons. The summed E-state index contributed by atoms with van der Waals surface area (Å²) in [6.45, 7) is 10.6. The van der Waals surface area contributed by atoms with Crippen molar-refractivity contribution in [2.75, 3.05) is 64.7 Å². The van der Waals surface area contributed by atoms with E-state index in [2.05, 4.69) is 32.1 Å². The number of anilines is 1. The second-order valence-electron chi connectivity index (χ2n) is 8.69. The van der Waals surface area contributed by atoms with Crippen molar-refractivity contribution in [3.05, 3.63) is 17.5 Å². The van der Waals surface area contributed by atoms with Crippen LogP contribution in [0.2, 0.25) is 0 Å². The van der Waals surface area contributed by atoms with E-state index in [1.54, 1.807) is 0 Å². The molecular weight excluding hydrogens is 368 g/mol. The minimum absolute atomic E-state index is 0.130. The molecule has 162 valence electrons. The lowest BCUT2D eigenvalue weighted by atomic mass is 9.94. The van der Waals surface area contributed by atoms with Crippen LogP contribution in [0.4, 0.5) is 5.95 Å². The van der Waals surface area contributed by atoms with Crippen LogP contribution in [0.1, 0.15) is 37.1 Å². The number of β-amino-alcohol motifs (C(OH)–C–C–N with tert-alkyl or cyclic N) is 1. The lowest BCUT2D eigenvalue weighted by Crippen LogP contribution is -2.51. The van der Waals surface area contributed by atoms with Crippen molar-refractivity contribution in [1.82, 2.24) is 24.7 Å². The van der Waals surface area contributed by atoms with Gasteiger partial charge in [0, 0.05) is 70.2 Å². The summed E-state index contributed by atoms with van der Waals surface area (Å²) in [7, 11) is 2.14. The highest BCUT2D eigenvalue weighted by Crippen LogP contribution is 2.24. The number of piperazine rings is 1. The van der Waals surface area contributed by atoms with E-state index >= 15 is 0 Å². The summed E-state index contributed by atoms with van der Waals surface area (Å²) in [4.78, 5) is 28.0. The van der Waals surface area contributed by atoms with Gasteiger partial charge < -0.3 is 20.2 Å². The van der Waals surface area contributed by atoms with Crippen LogP contribution < -0.4 is 5.32 Å². The summed E-state index contributed by atoms with van der Waals surface area (Å²) in [5.74, 6) is 0.707. The fourth-order valence-electron chi connectivity index (χ4n) is 4.25. The van der Waals surface area contributed by atoms with Crippen LogP contribution in [0.25, 0.3) is 0 Å². The lowest BCUT2D eigenvalue weighted by Gasteiger charge is -2.38. The van der Waals surface area contributed by atoms with Gasteiger partial charge in [0.25, 0.3) is 0 Å². The minimum atomic E-state index is -0.684. The van der Waals surface area contributed by atoms with E-state index in [1.165, 1.54) is 0 Å². The van der Waals surface area contributed by atoms with Crippen LogP contribution >= 0.6 is 0 Å². The Kier molecular flexibility index (Phi) is 7.43. The van der Waals surface area contributed by atoms with Gasteiger partial charge in [0.2, 0.25) is 11.9 Å². The van der Waals surface area contributed by atoms with E-state index < -0.39 is 5.60 Å². The van der Waals surface area contributed by atoms with Crippen LogP contribution in [-0.4, -0.2) is 101 Å². The topological polar surface area (TPSA) is 84.8 Å². The largest absolute Gasteiger partial charge is 0.388 e. The Hall–Kier alpha value is -1.77. The molecule has 3 rings (SSSR count). The second-order valence-corrected chi connectivity index (χ2v) is 8.69. The molecule has 29 heavy (non-hydrogen) atoms. The van der Waals surface area contributed by atoms with Crippen molar-refractivity contribution >= 4 is 11.9 Å². The number of likely N-dealkylation sites (tertiary alicyclic amines) is 1. The summed E-state index contributed by atoms with van der Waals surface area (Å²) < 4.78 is 0. The molecule has 2 fully saturated rings. The lowest BCUT2D eigenvalue weighted by molar-refractivity contribution is -0.131. The van der Waals surface area contributed by atoms with E-state index in [0.29, 0.717) is 38.4 Å². The van der Waals surface area contributed by atoms with Gasteiger partial charge in [-0.05, 0) is 46.2 Å². The molecule has 1 amide bonds. The molecule has 0 bridgehead atoms. The molecule has 0 aliphatic carbocycles. The normalized spacial score (nSPS) is 24.3. The predicted octanol–water partition coefficient (Wildman–Crippen LogP) is 0.886. The number of rotatable bonds is 6. The second kappa shape index (κ2) is 9.82. The molecule has 1 aromatic rings. The Labute approximate surface area is 174 Å². The van der Waals surface area contributed by atoms with Crippen molar-refractivity contribution in [3.8, 4) is 0 Å². The third kappa shape index (κ3) is 6.62. The minimum Gasteiger partial charge on any atom is -0.388 e. The Morgan fingerprint density at radius 3 is 2.48 bits per heavy atom. The highest BCUT2D eigenvalue weighted by Gasteiger charge is 2.33. The number of aliphatic hydroxyl groups is 1. The number of amides is 1. The van der Waals surface area contributed by atoms with E-state index in [1.807, 2.05) is 24.8 Å². The molecule has 8 heteroatoms. The zero-order valence-corrected chi connectivity index (χ0v) is 18.2. The molecule has 0 saturated carbocycles. The molecule has 1 aromatic heterocycles. The first-order valence-electron chi connectivity index (χ1n) is 10.8. The maximum Gasteiger partial charge on any atom is 0.224 e. The molecular formula is C21H36N6O2. The van der Waals surface area contributed by atoms with Gasteiger partial charge in [-0.15, -0.1) is 0 Å². The number of carbonyl (C=O) groups is 1. The average Bonchev–Trinajstić information content (AvgIpc) is 2.85. The fourth-order valence-corrected chi connectivity index (χ4v) is 4.25. The van der Waals surface area contributed by atoms with E-state index in [9.17, 15) is 9.90 Å². The molecule has 2 N–H and O–H groups in total. The van der Waals surface area contributed by atoms with Crippen LogP contribution in [0.15, 0.2) is 6.07 Å². The number of carbonyl (C=O) groups excluding carboxylic acids is 1. The van der Waals surface area contributed by atoms with Crippen LogP contribution in [-0.2, 0) is 4.79 Å². The van der Waals surface area contributed by atoms with E-state index in [0.717, 1.165) is 57.0 Å². The number of hydrogen-bond acceptors (Lipinski definition) is 7. The van der Waals surface area contributed by atoms with Crippen molar-refractivity contribution in [2.45, 2.75) is 45.1 Å². The van der Waals surface area contributed by atoms with Crippen molar-refractivity contribution in [2.24, 2.45) is 0 Å². The first-order chi connectivity index (χ1) is 13.8. The highest BCUT2D eigenvalue weighted by molar-refractivity contribution is 5.76. The van der Waals surface area contributed by atoms with Gasteiger partial charge in [-0.2, -0.15) is 0 Å². The fraction of sp³-hybridized carbons (Fsp3) is 0.762. The molecule has 2 aliphatic heterocycles. The summed E-state index contributed by atoms with van der Waals surface area (Å²) in [6.07, 6.45) is 2.67. The number of aromatic nitrogens is 2. The molecule has 0 aromatic carbocycles. The maximum atomic E-state index is 12.7. The van der Waals surface area contributed by atoms with Gasteiger partial charge in [0.15, 0.2) is 0 Å². The SMILES string of the molecule is Cc1cc(C)nc(NCCC(=O)N2CCC[C@](O)(CN3CCN(C)CC3)CC2)n1. The Morgan fingerprint density at radius 1 is 1.10 bits per heavy atom. The first kappa shape index (κ1) is 21.9. The van der Waals surface area contributed by atoms with Gasteiger partial charge in [0.1, 0.15) is 0 Å². The zero-order valence-electron chi connectivity index (χ0n) is 18.2. The Bertz CT molecular complexity index is 671. The number of aryl methyl sites for hydroxylation is 2. The molecule has 1 atom stereocenters. The average molecular weight is 405 g/mol. The Balaban J connectivity index is 1.44. The van der Waals surface area contributed by atoms with Crippen LogP contribution in [0.3, 0.4) is 0 Å².